The second kappa shape index (κ2) is 5.34. The number of H-pyrrole nitrogens is 1. The van der Waals surface area contributed by atoms with Crippen LogP contribution < -0.4 is 0 Å². The van der Waals surface area contributed by atoms with E-state index < -0.39 is 0 Å². The van der Waals surface area contributed by atoms with Crippen LogP contribution in [0.1, 0.15) is 58.3 Å². The number of hydrogen-bond donors (Lipinski definition) is 1. The Balaban J connectivity index is 2.35. The molecule has 3 nitrogen and oxygen atoms in total. The van der Waals surface area contributed by atoms with Crippen molar-refractivity contribution >= 4 is 12.2 Å². The van der Waals surface area contributed by atoms with Gasteiger partial charge in [0.05, 0.1) is 0 Å². The van der Waals surface area contributed by atoms with Crippen LogP contribution in [0.15, 0.2) is 0 Å². The Morgan fingerprint density at radius 1 is 1.41 bits per heavy atom. The van der Waals surface area contributed by atoms with E-state index in [-0.39, 0.29) is 0 Å². The number of rotatable bonds is 3. The van der Waals surface area contributed by atoms with Gasteiger partial charge in [-0.1, -0.05) is 33.6 Å². The minimum Gasteiger partial charge on any atom is -0.301 e. The van der Waals surface area contributed by atoms with Gasteiger partial charge in [0.1, 0.15) is 5.82 Å². The summed E-state index contributed by atoms with van der Waals surface area (Å²) in [6.07, 6.45) is 6.23. The van der Waals surface area contributed by atoms with Crippen LogP contribution in [-0.4, -0.2) is 14.8 Å². The molecule has 0 saturated heterocycles. The van der Waals surface area contributed by atoms with Crippen molar-refractivity contribution in [3.05, 3.63) is 10.6 Å². The van der Waals surface area contributed by atoms with E-state index in [4.69, 9.17) is 12.2 Å². The van der Waals surface area contributed by atoms with Crippen LogP contribution in [0.25, 0.3) is 0 Å². The quantitative estimate of drug-likeness (QED) is 0.829. The molecule has 1 heterocycles. The molecule has 1 aromatic rings. The minimum absolute atomic E-state index is 0.560. The highest BCUT2D eigenvalue weighted by atomic mass is 32.1. The zero-order valence-corrected chi connectivity index (χ0v) is 11.9. The number of aryl methyl sites for hydroxylation is 1. The van der Waals surface area contributed by atoms with Crippen LogP contribution in [0.4, 0.5) is 0 Å². The van der Waals surface area contributed by atoms with E-state index in [2.05, 4.69) is 35.5 Å². The summed E-state index contributed by atoms with van der Waals surface area (Å²) in [4.78, 5) is 0. The van der Waals surface area contributed by atoms with Crippen molar-refractivity contribution in [2.24, 2.45) is 11.8 Å². The largest absolute Gasteiger partial charge is 0.301 e. The fraction of sp³-hybridized carbons (Fsp3) is 0.846. The molecule has 1 aliphatic rings. The van der Waals surface area contributed by atoms with E-state index in [9.17, 15) is 0 Å². The minimum atomic E-state index is 0.560. The molecule has 0 aromatic carbocycles. The first kappa shape index (κ1) is 12.8. The van der Waals surface area contributed by atoms with Crippen LogP contribution in [0.5, 0.6) is 0 Å². The van der Waals surface area contributed by atoms with Crippen molar-refractivity contribution in [2.45, 2.75) is 58.9 Å². The molecule has 17 heavy (non-hydrogen) atoms. The fourth-order valence-corrected chi connectivity index (χ4v) is 3.45. The smallest absolute Gasteiger partial charge is 0.195 e. The third kappa shape index (κ3) is 2.46. The first-order chi connectivity index (χ1) is 8.15. The Kier molecular flexibility index (Phi) is 4.02. The molecule has 0 radical (unpaired) electrons. The zero-order chi connectivity index (χ0) is 12.4. The highest BCUT2D eigenvalue weighted by Gasteiger charge is 2.30. The summed E-state index contributed by atoms with van der Waals surface area (Å²) in [5, 5.41) is 7.31. The van der Waals surface area contributed by atoms with Gasteiger partial charge >= 0.3 is 0 Å². The standard InChI is InChI=1S/C13H23N3S/c1-4-12-14-15-13(17)16(12)11-8-6-5-7-10(11)9(2)3/h9-11H,4-8H2,1-3H3,(H,15,17). The van der Waals surface area contributed by atoms with Crippen LogP contribution in [0.3, 0.4) is 0 Å². The summed E-state index contributed by atoms with van der Waals surface area (Å²) >= 11 is 5.40. The third-order valence-corrected chi connectivity index (χ3v) is 4.35. The maximum atomic E-state index is 5.40. The van der Waals surface area contributed by atoms with Gasteiger partial charge in [0, 0.05) is 12.5 Å². The average Bonchev–Trinajstić information content (AvgIpc) is 2.70. The van der Waals surface area contributed by atoms with E-state index >= 15 is 0 Å². The van der Waals surface area contributed by atoms with E-state index in [0.717, 1.165) is 28.9 Å². The Labute approximate surface area is 109 Å². The van der Waals surface area contributed by atoms with Crippen molar-refractivity contribution < 1.29 is 0 Å². The molecular formula is C13H23N3S. The number of nitrogens with zero attached hydrogens (tertiary/aromatic N) is 2. The van der Waals surface area contributed by atoms with Crippen LogP contribution in [-0.2, 0) is 6.42 Å². The molecule has 0 aliphatic heterocycles. The van der Waals surface area contributed by atoms with Gasteiger partial charge in [-0.15, -0.1) is 0 Å². The van der Waals surface area contributed by atoms with Crippen molar-refractivity contribution in [2.75, 3.05) is 0 Å². The van der Waals surface area contributed by atoms with Crippen LogP contribution in [0, 0.1) is 16.6 Å². The highest BCUT2D eigenvalue weighted by molar-refractivity contribution is 7.71. The molecule has 1 fully saturated rings. The topological polar surface area (TPSA) is 33.6 Å². The predicted octanol–water partition coefficient (Wildman–Crippen LogP) is 3.89. The number of hydrogen-bond acceptors (Lipinski definition) is 2. The molecule has 2 rings (SSSR count). The van der Waals surface area contributed by atoms with Gasteiger partial charge in [-0.25, -0.2) is 0 Å². The van der Waals surface area contributed by atoms with Gasteiger partial charge < -0.3 is 4.57 Å². The Hall–Kier alpha value is -0.640. The molecule has 2 unspecified atom stereocenters. The molecule has 96 valence electrons. The van der Waals surface area contributed by atoms with Gasteiger partial charge in [-0.3, -0.25) is 5.10 Å². The van der Waals surface area contributed by atoms with E-state index in [1.807, 2.05) is 0 Å². The molecule has 0 spiro atoms. The van der Waals surface area contributed by atoms with Crippen molar-refractivity contribution in [1.29, 1.82) is 0 Å². The monoisotopic (exact) mass is 253 g/mol. The molecule has 0 amide bonds. The van der Waals surface area contributed by atoms with Crippen LogP contribution in [0.2, 0.25) is 0 Å². The molecular weight excluding hydrogens is 230 g/mol. The lowest BCUT2D eigenvalue weighted by Crippen LogP contribution is -2.28. The number of aromatic amines is 1. The van der Waals surface area contributed by atoms with Crippen molar-refractivity contribution in [3.63, 3.8) is 0 Å². The Bertz CT molecular complexity index is 419. The highest BCUT2D eigenvalue weighted by Crippen LogP contribution is 2.39. The van der Waals surface area contributed by atoms with Gasteiger partial charge in [0.15, 0.2) is 4.77 Å². The van der Waals surface area contributed by atoms with E-state index in [1.165, 1.54) is 25.7 Å². The zero-order valence-electron chi connectivity index (χ0n) is 11.1. The average molecular weight is 253 g/mol. The maximum absolute atomic E-state index is 5.40. The SMILES string of the molecule is CCc1n[nH]c(=S)n1C1CCCCC1C(C)C. The summed E-state index contributed by atoms with van der Waals surface area (Å²) in [5.74, 6) is 2.59. The van der Waals surface area contributed by atoms with E-state index in [1.54, 1.807) is 0 Å². The first-order valence-corrected chi connectivity index (χ1v) is 7.21. The second-order valence-corrected chi connectivity index (χ2v) is 5.81. The third-order valence-electron chi connectivity index (χ3n) is 4.06. The lowest BCUT2D eigenvalue weighted by Gasteiger charge is -2.35. The lowest BCUT2D eigenvalue weighted by molar-refractivity contribution is 0.180. The van der Waals surface area contributed by atoms with Crippen LogP contribution >= 0.6 is 12.2 Å². The molecule has 1 N–H and O–H groups in total. The molecule has 4 heteroatoms. The normalized spacial score (nSPS) is 25.4. The Morgan fingerprint density at radius 2 is 2.12 bits per heavy atom. The predicted molar refractivity (Wildman–Crippen MR) is 72.6 cm³/mol. The molecule has 1 aromatic heterocycles. The molecule has 1 saturated carbocycles. The fourth-order valence-electron chi connectivity index (χ4n) is 3.17. The van der Waals surface area contributed by atoms with Gasteiger partial charge in [0.25, 0.3) is 0 Å². The van der Waals surface area contributed by atoms with Gasteiger partial charge in [-0.05, 0) is 36.9 Å². The Morgan fingerprint density at radius 3 is 2.76 bits per heavy atom. The van der Waals surface area contributed by atoms with Gasteiger partial charge in [0.2, 0.25) is 0 Å². The number of nitrogens with one attached hydrogen (secondary N) is 1. The maximum Gasteiger partial charge on any atom is 0.195 e. The summed E-state index contributed by atoms with van der Waals surface area (Å²) in [7, 11) is 0. The summed E-state index contributed by atoms with van der Waals surface area (Å²) in [6.45, 7) is 6.81. The second-order valence-electron chi connectivity index (χ2n) is 5.43. The van der Waals surface area contributed by atoms with Crippen molar-refractivity contribution in [1.82, 2.24) is 14.8 Å². The summed E-state index contributed by atoms with van der Waals surface area (Å²) in [5.41, 5.74) is 0. The number of aromatic nitrogens is 3. The lowest BCUT2D eigenvalue weighted by atomic mass is 9.77. The summed E-state index contributed by atoms with van der Waals surface area (Å²) in [6, 6.07) is 0.560. The van der Waals surface area contributed by atoms with E-state index in [0.29, 0.717) is 6.04 Å². The molecule has 1 aliphatic carbocycles. The molecule has 2 atom stereocenters. The first-order valence-electron chi connectivity index (χ1n) is 6.81. The molecule has 0 bridgehead atoms. The van der Waals surface area contributed by atoms with Gasteiger partial charge in [-0.2, -0.15) is 5.10 Å². The summed E-state index contributed by atoms with van der Waals surface area (Å²) < 4.78 is 3.10. The van der Waals surface area contributed by atoms with Crippen molar-refractivity contribution in [3.8, 4) is 0 Å².